The van der Waals surface area contributed by atoms with E-state index < -0.39 is 10.0 Å². The van der Waals surface area contributed by atoms with Crippen LogP contribution in [-0.4, -0.2) is 94.0 Å². The van der Waals surface area contributed by atoms with Gasteiger partial charge in [0.05, 0.1) is 31.6 Å². The number of rotatable bonds is 7. The maximum atomic E-state index is 12.0. The van der Waals surface area contributed by atoms with Gasteiger partial charge in [0, 0.05) is 38.8 Å². The lowest BCUT2D eigenvalue weighted by Crippen LogP contribution is -2.48. The number of nitrogens with one attached hydrogen (secondary N) is 1. The molecule has 0 aromatic heterocycles. The summed E-state index contributed by atoms with van der Waals surface area (Å²) < 4.78 is 37.4. The molecule has 0 spiro atoms. The Morgan fingerprint density at radius 2 is 1.90 bits per heavy atom. The van der Waals surface area contributed by atoms with Crippen LogP contribution in [0.1, 0.15) is 51.9 Å². The normalized spacial score (nSPS) is 27.1. The van der Waals surface area contributed by atoms with Crippen LogP contribution >= 0.6 is 24.0 Å². The third-order valence-corrected chi connectivity index (χ3v) is 7.40. The van der Waals surface area contributed by atoms with E-state index in [1.54, 1.807) is 4.31 Å². The second-order valence-electron chi connectivity index (χ2n) is 8.37. The van der Waals surface area contributed by atoms with Gasteiger partial charge in [-0.25, -0.2) is 8.42 Å². The van der Waals surface area contributed by atoms with E-state index in [0.29, 0.717) is 19.7 Å². The van der Waals surface area contributed by atoms with Crippen LogP contribution in [0.5, 0.6) is 0 Å². The molecule has 2 atom stereocenters. The van der Waals surface area contributed by atoms with Crippen LogP contribution in [-0.2, 0) is 19.5 Å². The fourth-order valence-corrected chi connectivity index (χ4v) is 5.64. The summed E-state index contributed by atoms with van der Waals surface area (Å²) in [5.41, 5.74) is 0. The summed E-state index contributed by atoms with van der Waals surface area (Å²) in [5, 5.41) is 3.38. The van der Waals surface area contributed by atoms with Crippen molar-refractivity contribution in [3.63, 3.8) is 0 Å². The zero-order chi connectivity index (χ0) is 20.7. The van der Waals surface area contributed by atoms with Gasteiger partial charge in [0.25, 0.3) is 0 Å². The lowest BCUT2D eigenvalue weighted by Gasteiger charge is -2.35. The minimum atomic E-state index is -3.16. The van der Waals surface area contributed by atoms with Crippen LogP contribution in [0.25, 0.3) is 0 Å². The maximum absolute atomic E-state index is 12.0. The van der Waals surface area contributed by atoms with Crippen molar-refractivity contribution in [1.82, 2.24) is 14.5 Å². The molecule has 0 amide bonds. The summed E-state index contributed by atoms with van der Waals surface area (Å²) >= 11 is 0. The first-order chi connectivity index (χ1) is 14.0. The van der Waals surface area contributed by atoms with Crippen LogP contribution in [0.3, 0.4) is 0 Å². The Bertz CT molecular complexity index is 635. The van der Waals surface area contributed by atoms with Crippen LogP contribution in [0.15, 0.2) is 4.99 Å². The quantitative estimate of drug-likeness (QED) is 0.293. The van der Waals surface area contributed by atoms with Crippen LogP contribution in [0, 0.1) is 0 Å². The number of piperidine rings is 1. The SMILES string of the molecule is CCNC(=NC[C@H]1CCCN1S(C)(=O)=O)N1CCC(OCC2CCCCO2)CC1.I. The van der Waals surface area contributed by atoms with Crippen molar-refractivity contribution in [2.24, 2.45) is 4.99 Å². The molecule has 0 radical (unpaired) electrons. The number of guanidine groups is 1. The molecule has 3 rings (SSSR count). The first kappa shape index (κ1) is 26.1. The molecular formula is C20H39IN4O4S. The first-order valence-corrected chi connectivity index (χ1v) is 13.1. The Morgan fingerprint density at radius 1 is 1.13 bits per heavy atom. The molecule has 0 aromatic rings. The monoisotopic (exact) mass is 558 g/mol. The number of sulfonamides is 1. The molecule has 1 unspecified atom stereocenters. The number of ether oxygens (including phenoxy) is 2. The summed E-state index contributed by atoms with van der Waals surface area (Å²) in [6, 6.07) is -0.0185. The number of nitrogens with zero attached hydrogens (tertiary/aromatic N) is 3. The zero-order valence-electron chi connectivity index (χ0n) is 18.4. The highest BCUT2D eigenvalue weighted by atomic mass is 127. The summed E-state index contributed by atoms with van der Waals surface area (Å²) in [6.45, 7) is 7.38. The minimum Gasteiger partial charge on any atom is -0.376 e. The van der Waals surface area contributed by atoms with Gasteiger partial charge in [-0.05, 0) is 51.9 Å². The fourth-order valence-electron chi connectivity index (χ4n) is 4.46. The number of hydrogen-bond donors (Lipinski definition) is 1. The molecule has 0 saturated carbocycles. The average molecular weight is 559 g/mol. The molecule has 0 aromatic carbocycles. The highest BCUT2D eigenvalue weighted by Crippen LogP contribution is 2.21. The summed E-state index contributed by atoms with van der Waals surface area (Å²) in [4.78, 5) is 7.07. The van der Waals surface area contributed by atoms with Crippen molar-refractivity contribution in [2.45, 2.75) is 70.1 Å². The summed E-state index contributed by atoms with van der Waals surface area (Å²) in [5.74, 6) is 0.891. The average Bonchev–Trinajstić information content (AvgIpc) is 3.20. The van der Waals surface area contributed by atoms with E-state index >= 15 is 0 Å². The van der Waals surface area contributed by atoms with Crippen LogP contribution < -0.4 is 5.32 Å². The third kappa shape index (κ3) is 7.75. The Kier molecular flexibility index (Phi) is 11.1. The van der Waals surface area contributed by atoms with Gasteiger partial charge < -0.3 is 19.7 Å². The molecular weight excluding hydrogens is 519 g/mol. The lowest BCUT2D eigenvalue weighted by molar-refractivity contribution is -0.0721. The predicted molar refractivity (Wildman–Crippen MR) is 130 cm³/mol. The van der Waals surface area contributed by atoms with Gasteiger partial charge in [-0.3, -0.25) is 4.99 Å². The van der Waals surface area contributed by atoms with Gasteiger partial charge in [0.2, 0.25) is 10.0 Å². The van der Waals surface area contributed by atoms with E-state index in [4.69, 9.17) is 14.5 Å². The van der Waals surface area contributed by atoms with Gasteiger partial charge in [-0.1, -0.05) is 0 Å². The first-order valence-electron chi connectivity index (χ1n) is 11.2. The molecule has 3 saturated heterocycles. The van der Waals surface area contributed by atoms with Crippen LogP contribution in [0.2, 0.25) is 0 Å². The number of hydrogen-bond acceptors (Lipinski definition) is 5. The zero-order valence-corrected chi connectivity index (χ0v) is 21.6. The molecule has 30 heavy (non-hydrogen) atoms. The molecule has 10 heteroatoms. The molecule has 0 aliphatic carbocycles. The molecule has 0 bridgehead atoms. The van der Waals surface area contributed by atoms with E-state index in [2.05, 4.69) is 17.1 Å². The van der Waals surface area contributed by atoms with Crippen molar-refractivity contribution < 1.29 is 17.9 Å². The summed E-state index contributed by atoms with van der Waals surface area (Å²) in [7, 11) is -3.16. The van der Waals surface area contributed by atoms with Crippen molar-refractivity contribution in [1.29, 1.82) is 0 Å². The number of likely N-dealkylation sites (tertiary alicyclic amines) is 1. The molecule has 3 fully saturated rings. The Morgan fingerprint density at radius 3 is 2.53 bits per heavy atom. The molecule has 3 aliphatic heterocycles. The van der Waals surface area contributed by atoms with Gasteiger partial charge >= 0.3 is 0 Å². The van der Waals surface area contributed by atoms with Gasteiger partial charge in [-0.15, -0.1) is 24.0 Å². The standard InChI is InChI=1S/C20H38N4O4S.HI/c1-3-21-20(22-15-17-7-6-11-24(17)29(2,25)26)23-12-9-18(10-13-23)28-16-19-8-4-5-14-27-19;/h17-19H,3-16H2,1-2H3,(H,21,22);1H/t17-,19?;/m1./s1. The van der Waals surface area contributed by atoms with Crippen molar-refractivity contribution in [3.05, 3.63) is 0 Å². The molecule has 176 valence electrons. The van der Waals surface area contributed by atoms with E-state index in [9.17, 15) is 8.42 Å². The third-order valence-electron chi connectivity index (χ3n) is 6.07. The predicted octanol–water partition coefficient (Wildman–Crippen LogP) is 2.04. The second kappa shape index (κ2) is 12.8. The van der Waals surface area contributed by atoms with E-state index in [0.717, 1.165) is 64.3 Å². The van der Waals surface area contributed by atoms with Gasteiger partial charge in [-0.2, -0.15) is 4.31 Å². The van der Waals surface area contributed by atoms with Crippen molar-refractivity contribution >= 4 is 40.0 Å². The number of halogens is 1. The van der Waals surface area contributed by atoms with E-state index in [1.165, 1.54) is 19.1 Å². The fraction of sp³-hybridized carbons (Fsp3) is 0.950. The Labute approximate surface area is 199 Å². The topological polar surface area (TPSA) is 83.5 Å². The summed E-state index contributed by atoms with van der Waals surface area (Å²) in [6.07, 6.45) is 9.14. The smallest absolute Gasteiger partial charge is 0.211 e. The molecule has 1 N–H and O–H groups in total. The lowest BCUT2D eigenvalue weighted by atomic mass is 10.1. The minimum absolute atomic E-state index is 0. The molecule has 3 aliphatic rings. The largest absolute Gasteiger partial charge is 0.376 e. The van der Waals surface area contributed by atoms with Gasteiger partial charge in [0.1, 0.15) is 0 Å². The van der Waals surface area contributed by atoms with Crippen molar-refractivity contribution in [2.75, 3.05) is 52.2 Å². The molecule has 3 heterocycles. The van der Waals surface area contributed by atoms with E-state index in [-0.39, 0.29) is 42.2 Å². The maximum Gasteiger partial charge on any atom is 0.211 e. The second-order valence-corrected chi connectivity index (χ2v) is 10.3. The molecule has 8 nitrogen and oxygen atoms in total. The Hall–Kier alpha value is -0.170. The van der Waals surface area contributed by atoms with E-state index in [1.807, 2.05) is 0 Å². The van der Waals surface area contributed by atoms with Crippen LogP contribution in [0.4, 0.5) is 0 Å². The highest BCUT2D eigenvalue weighted by molar-refractivity contribution is 14.0. The highest BCUT2D eigenvalue weighted by Gasteiger charge is 2.31. The van der Waals surface area contributed by atoms with Crippen molar-refractivity contribution in [3.8, 4) is 0 Å². The van der Waals surface area contributed by atoms with Gasteiger partial charge in [0.15, 0.2) is 5.96 Å². The number of aliphatic imine (C=N–C) groups is 1. The Balaban J connectivity index is 0.00000320.